The van der Waals surface area contributed by atoms with Crippen LogP contribution in [0.15, 0.2) is 23.4 Å². The molecule has 0 saturated carbocycles. The fourth-order valence-corrected chi connectivity index (χ4v) is 4.54. The smallest absolute Gasteiger partial charge is 0.246 e. The van der Waals surface area contributed by atoms with Crippen LogP contribution in [0.1, 0.15) is 39.5 Å². The number of nitrogens with one attached hydrogen (secondary N) is 1. The molecule has 118 valence electrons. The molecule has 7 heteroatoms. The highest BCUT2D eigenvalue weighted by atomic mass is 32.2. The van der Waals surface area contributed by atoms with Crippen molar-refractivity contribution in [2.45, 2.75) is 44.4 Å². The third kappa shape index (κ3) is 3.04. The Labute approximate surface area is 126 Å². The zero-order valence-corrected chi connectivity index (χ0v) is 13.5. The maximum atomic E-state index is 12.7. The van der Waals surface area contributed by atoms with Crippen molar-refractivity contribution in [3.63, 3.8) is 0 Å². The zero-order valence-electron chi connectivity index (χ0n) is 12.7. The topological polar surface area (TPSA) is 88.3 Å². The van der Waals surface area contributed by atoms with E-state index in [0.29, 0.717) is 18.8 Å². The van der Waals surface area contributed by atoms with Crippen molar-refractivity contribution in [2.75, 3.05) is 18.5 Å². The van der Waals surface area contributed by atoms with E-state index in [4.69, 9.17) is 5.84 Å². The molecule has 0 amide bonds. The van der Waals surface area contributed by atoms with Crippen LogP contribution in [0.5, 0.6) is 0 Å². The second-order valence-electron chi connectivity index (χ2n) is 5.63. The van der Waals surface area contributed by atoms with Gasteiger partial charge in [0, 0.05) is 25.5 Å². The van der Waals surface area contributed by atoms with E-state index in [0.717, 1.165) is 25.7 Å². The van der Waals surface area contributed by atoms with Crippen LogP contribution in [-0.2, 0) is 10.0 Å². The fourth-order valence-electron chi connectivity index (χ4n) is 3.00. The van der Waals surface area contributed by atoms with E-state index in [-0.39, 0.29) is 10.3 Å². The second kappa shape index (κ2) is 6.29. The largest absolute Gasteiger partial charge is 0.323 e. The minimum absolute atomic E-state index is 0.146. The van der Waals surface area contributed by atoms with Gasteiger partial charge in [-0.3, -0.25) is 10.8 Å². The maximum Gasteiger partial charge on any atom is 0.246 e. The van der Waals surface area contributed by atoms with Crippen molar-refractivity contribution in [1.29, 1.82) is 0 Å². The van der Waals surface area contributed by atoms with Gasteiger partial charge in [0.25, 0.3) is 0 Å². The molecule has 1 aliphatic rings. The van der Waals surface area contributed by atoms with E-state index in [1.807, 2.05) is 0 Å². The third-order valence-electron chi connectivity index (χ3n) is 4.84. The lowest BCUT2D eigenvalue weighted by Crippen LogP contribution is -2.43. The average Bonchev–Trinajstić information content (AvgIpc) is 2.54. The number of anilines is 1. The number of hydrogen-bond donors (Lipinski definition) is 2. The van der Waals surface area contributed by atoms with Crippen LogP contribution in [-0.4, -0.2) is 30.8 Å². The summed E-state index contributed by atoms with van der Waals surface area (Å²) in [5, 5.41) is 0. The zero-order chi connectivity index (χ0) is 15.5. The predicted octanol–water partition coefficient (Wildman–Crippen LogP) is 1.96. The van der Waals surface area contributed by atoms with E-state index in [9.17, 15) is 8.42 Å². The number of hydrogen-bond acceptors (Lipinski definition) is 5. The van der Waals surface area contributed by atoms with E-state index in [1.165, 1.54) is 12.4 Å². The minimum Gasteiger partial charge on any atom is -0.323 e. The summed E-state index contributed by atoms with van der Waals surface area (Å²) in [6, 6.07) is 1.57. The van der Waals surface area contributed by atoms with Crippen LogP contribution in [0.2, 0.25) is 0 Å². The molecule has 1 aromatic heterocycles. The number of piperidine rings is 1. The molecule has 1 saturated heterocycles. The van der Waals surface area contributed by atoms with Crippen molar-refractivity contribution in [2.24, 2.45) is 11.3 Å². The first kappa shape index (κ1) is 16.2. The highest BCUT2D eigenvalue weighted by Crippen LogP contribution is 2.39. The van der Waals surface area contributed by atoms with Gasteiger partial charge < -0.3 is 5.43 Å². The van der Waals surface area contributed by atoms with E-state index < -0.39 is 10.0 Å². The maximum absolute atomic E-state index is 12.7. The molecule has 21 heavy (non-hydrogen) atoms. The molecule has 1 fully saturated rings. The molecule has 0 unspecified atom stereocenters. The number of nitrogens with two attached hydrogens (primary N) is 1. The van der Waals surface area contributed by atoms with Gasteiger partial charge in [-0.1, -0.05) is 26.7 Å². The lowest BCUT2D eigenvalue weighted by molar-refractivity contribution is 0.141. The van der Waals surface area contributed by atoms with E-state index >= 15 is 0 Å². The van der Waals surface area contributed by atoms with Gasteiger partial charge >= 0.3 is 0 Å². The first-order chi connectivity index (χ1) is 9.99. The summed E-state index contributed by atoms with van der Waals surface area (Å²) >= 11 is 0. The number of nitrogens with zero attached hydrogens (tertiary/aromatic N) is 2. The molecule has 1 aromatic rings. The van der Waals surface area contributed by atoms with Gasteiger partial charge in [-0.05, 0) is 24.3 Å². The molecule has 6 nitrogen and oxygen atoms in total. The Bertz CT molecular complexity index is 574. The van der Waals surface area contributed by atoms with Gasteiger partial charge in [0.2, 0.25) is 10.0 Å². The summed E-state index contributed by atoms with van der Waals surface area (Å²) in [6.45, 7) is 5.49. The number of pyridine rings is 1. The van der Waals surface area contributed by atoms with Crippen molar-refractivity contribution < 1.29 is 8.42 Å². The van der Waals surface area contributed by atoms with Gasteiger partial charge in [0.05, 0.1) is 5.69 Å². The first-order valence-electron chi connectivity index (χ1n) is 7.40. The molecule has 0 aromatic carbocycles. The highest BCUT2D eigenvalue weighted by Gasteiger charge is 2.37. The van der Waals surface area contributed by atoms with E-state index in [2.05, 4.69) is 24.3 Å². The number of rotatable bonds is 5. The summed E-state index contributed by atoms with van der Waals surface area (Å²) in [5.41, 5.74) is 3.10. The number of aromatic nitrogens is 1. The molecular weight excluding hydrogens is 288 g/mol. The Morgan fingerprint density at radius 2 is 1.95 bits per heavy atom. The number of hydrazine groups is 1. The second-order valence-corrected chi connectivity index (χ2v) is 7.53. The fraction of sp³-hybridized carbons (Fsp3) is 0.643. The van der Waals surface area contributed by atoms with Gasteiger partial charge in [0.15, 0.2) is 0 Å². The summed E-state index contributed by atoms with van der Waals surface area (Å²) in [4.78, 5) is 4.06. The molecule has 0 spiro atoms. The number of nitrogen functional groups attached to an aromatic ring is 1. The van der Waals surface area contributed by atoms with E-state index in [1.54, 1.807) is 10.4 Å². The number of sulfonamides is 1. The van der Waals surface area contributed by atoms with Crippen LogP contribution >= 0.6 is 0 Å². The van der Waals surface area contributed by atoms with Crippen molar-refractivity contribution in [3.8, 4) is 0 Å². The average molecular weight is 312 g/mol. The molecule has 1 aliphatic heterocycles. The van der Waals surface area contributed by atoms with Crippen LogP contribution in [0.4, 0.5) is 5.69 Å². The van der Waals surface area contributed by atoms with Gasteiger partial charge in [-0.15, -0.1) is 0 Å². The highest BCUT2D eigenvalue weighted by molar-refractivity contribution is 7.89. The Balaban J connectivity index is 2.23. The molecule has 3 N–H and O–H groups in total. The van der Waals surface area contributed by atoms with Crippen molar-refractivity contribution >= 4 is 15.7 Å². The lowest BCUT2D eigenvalue weighted by Gasteiger charge is -2.40. The first-order valence-corrected chi connectivity index (χ1v) is 8.84. The van der Waals surface area contributed by atoms with Gasteiger partial charge in [-0.2, -0.15) is 4.31 Å². The molecule has 0 atom stereocenters. The standard InChI is InChI=1S/C14H24N4O2S/c1-3-14(4-2)6-9-18(10-7-14)21(19,20)13-11-16-8-5-12(13)17-15/h5,8,11H,3-4,6-7,9-10,15H2,1-2H3,(H,16,17). The molecule has 2 heterocycles. The summed E-state index contributed by atoms with van der Waals surface area (Å²) in [6.07, 6.45) is 6.88. The minimum atomic E-state index is -3.54. The Morgan fingerprint density at radius 1 is 1.33 bits per heavy atom. The Kier molecular flexibility index (Phi) is 4.85. The predicted molar refractivity (Wildman–Crippen MR) is 83.1 cm³/mol. The van der Waals surface area contributed by atoms with Crippen molar-refractivity contribution in [3.05, 3.63) is 18.5 Å². The third-order valence-corrected chi connectivity index (χ3v) is 6.77. The van der Waals surface area contributed by atoms with Crippen LogP contribution in [0.25, 0.3) is 0 Å². The van der Waals surface area contributed by atoms with Crippen LogP contribution < -0.4 is 11.3 Å². The molecule has 2 rings (SSSR count). The monoisotopic (exact) mass is 312 g/mol. The normalized spacial score (nSPS) is 19.4. The summed E-state index contributed by atoms with van der Waals surface area (Å²) in [7, 11) is -3.54. The van der Waals surface area contributed by atoms with Crippen LogP contribution in [0, 0.1) is 5.41 Å². The van der Waals surface area contributed by atoms with Gasteiger partial charge in [0.1, 0.15) is 4.90 Å². The Morgan fingerprint density at radius 3 is 2.48 bits per heavy atom. The summed E-state index contributed by atoms with van der Waals surface area (Å²) < 4.78 is 27.0. The van der Waals surface area contributed by atoms with Gasteiger partial charge in [-0.25, -0.2) is 8.42 Å². The Hall–Kier alpha value is -1.18. The quantitative estimate of drug-likeness (QED) is 0.641. The molecular formula is C14H24N4O2S. The summed E-state index contributed by atoms with van der Waals surface area (Å²) in [5.74, 6) is 5.40. The molecule has 0 aliphatic carbocycles. The van der Waals surface area contributed by atoms with Crippen molar-refractivity contribution in [1.82, 2.24) is 9.29 Å². The lowest BCUT2D eigenvalue weighted by atomic mass is 9.75. The molecule has 0 radical (unpaired) electrons. The molecule has 0 bridgehead atoms. The SMILES string of the molecule is CCC1(CC)CCN(S(=O)(=O)c2cnccc2NN)CC1. The van der Waals surface area contributed by atoms with Crippen LogP contribution in [0.3, 0.4) is 0 Å².